The van der Waals surface area contributed by atoms with Crippen molar-refractivity contribution in [1.29, 1.82) is 0 Å². The van der Waals surface area contributed by atoms with E-state index in [1.54, 1.807) is 6.92 Å². The molecule has 0 radical (unpaired) electrons. The third-order valence-electron chi connectivity index (χ3n) is 0.796. The third kappa shape index (κ3) is 5.16. The van der Waals surface area contributed by atoms with Gasteiger partial charge < -0.3 is 10.4 Å². The first-order valence-electron chi connectivity index (χ1n) is 3.14. The molecule has 0 heterocycles. The van der Waals surface area contributed by atoms with E-state index in [2.05, 4.69) is 5.32 Å². The van der Waals surface area contributed by atoms with Gasteiger partial charge >= 0.3 is 6.03 Å². The Labute approximate surface area is 63.9 Å². The molecule has 0 bridgehead atoms. The molecule has 0 saturated heterocycles. The average Bonchev–Trinajstić information content (AvgIpc) is 2.01. The summed E-state index contributed by atoms with van der Waals surface area (Å²) < 4.78 is 0. The minimum atomic E-state index is -0.656. The molecule has 4 N–H and O–H groups in total. The summed E-state index contributed by atoms with van der Waals surface area (Å²) in [6.07, 6.45) is 0. The molecule has 0 aliphatic carbocycles. The SMILES string of the molecule is CCNC(=O)NNC(=O)CO. The highest BCUT2D eigenvalue weighted by atomic mass is 16.3. The number of urea groups is 1. The summed E-state index contributed by atoms with van der Waals surface area (Å²) in [5, 5.41) is 10.6. The highest BCUT2D eigenvalue weighted by molar-refractivity contribution is 5.81. The third-order valence-corrected chi connectivity index (χ3v) is 0.796. The first kappa shape index (κ1) is 9.70. The van der Waals surface area contributed by atoms with Gasteiger partial charge in [0.25, 0.3) is 5.91 Å². The van der Waals surface area contributed by atoms with Crippen LogP contribution in [0.1, 0.15) is 6.92 Å². The average molecular weight is 161 g/mol. The molecule has 0 aromatic heterocycles. The minimum Gasteiger partial charge on any atom is -0.386 e. The van der Waals surface area contributed by atoms with Crippen molar-refractivity contribution in [3.8, 4) is 0 Å². The second kappa shape index (κ2) is 5.48. The lowest BCUT2D eigenvalue weighted by atomic mass is 10.7. The minimum absolute atomic E-state index is 0.473. The van der Waals surface area contributed by atoms with Crippen molar-refractivity contribution >= 4 is 11.9 Å². The molecule has 6 nitrogen and oxygen atoms in total. The summed E-state index contributed by atoms with van der Waals surface area (Å²) >= 11 is 0. The maximum absolute atomic E-state index is 10.5. The lowest BCUT2D eigenvalue weighted by molar-refractivity contribution is -0.124. The van der Waals surface area contributed by atoms with Gasteiger partial charge in [0.2, 0.25) is 0 Å². The molecule has 0 aliphatic heterocycles. The number of rotatable bonds is 2. The van der Waals surface area contributed by atoms with Crippen LogP contribution in [0.5, 0.6) is 0 Å². The fraction of sp³-hybridized carbons (Fsp3) is 0.600. The van der Waals surface area contributed by atoms with Crippen molar-refractivity contribution in [2.75, 3.05) is 13.2 Å². The number of amides is 3. The van der Waals surface area contributed by atoms with E-state index in [1.807, 2.05) is 10.9 Å². The van der Waals surface area contributed by atoms with Gasteiger partial charge in [0, 0.05) is 6.54 Å². The normalized spacial score (nSPS) is 8.55. The van der Waals surface area contributed by atoms with Crippen molar-refractivity contribution in [2.24, 2.45) is 0 Å². The van der Waals surface area contributed by atoms with E-state index in [9.17, 15) is 9.59 Å². The van der Waals surface area contributed by atoms with Gasteiger partial charge in [-0.3, -0.25) is 10.2 Å². The molecule has 3 amide bonds. The van der Waals surface area contributed by atoms with Crippen molar-refractivity contribution < 1.29 is 14.7 Å². The number of aliphatic hydroxyl groups is 1. The van der Waals surface area contributed by atoms with E-state index in [-0.39, 0.29) is 0 Å². The molecule has 0 rings (SSSR count). The van der Waals surface area contributed by atoms with Crippen molar-refractivity contribution in [3.63, 3.8) is 0 Å². The standard InChI is InChI=1S/C5H11N3O3/c1-2-6-5(11)8-7-4(10)3-9/h9H,2-3H2,1H3,(H,7,10)(H2,6,8,11). The van der Waals surface area contributed by atoms with E-state index >= 15 is 0 Å². The lowest BCUT2D eigenvalue weighted by Gasteiger charge is -2.05. The Kier molecular flexibility index (Phi) is 4.83. The monoisotopic (exact) mass is 161 g/mol. The molecule has 0 aromatic carbocycles. The van der Waals surface area contributed by atoms with Crippen LogP contribution in [0.3, 0.4) is 0 Å². The zero-order valence-corrected chi connectivity index (χ0v) is 6.18. The molecular weight excluding hydrogens is 150 g/mol. The first-order chi connectivity index (χ1) is 5.20. The van der Waals surface area contributed by atoms with E-state index < -0.39 is 18.5 Å². The van der Waals surface area contributed by atoms with Gasteiger partial charge in [-0.1, -0.05) is 0 Å². The maximum Gasteiger partial charge on any atom is 0.333 e. The van der Waals surface area contributed by atoms with Crippen molar-refractivity contribution in [1.82, 2.24) is 16.2 Å². The van der Waals surface area contributed by atoms with E-state index in [4.69, 9.17) is 5.11 Å². The Bertz CT molecular complexity index is 148. The van der Waals surface area contributed by atoms with Crippen LogP contribution in [0.4, 0.5) is 4.79 Å². The molecule has 0 atom stereocenters. The Morgan fingerprint density at radius 3 is 2.45 bits per heavy atom. The van der Waals surface area contributed by atoms with Crippen LogP contribution in [-0.4, -0.2) is 30.2 Å². The van der Waals surface area contributed by atoms with E-state index in [0.717, 1.165) is 0 Å². The number of nitrogens with one attached hydrogen (secondary N) is 3. The number of aliphatic hydroxyl groups excluding tert-OH is 1. The fourth-order valence-corrected chi connectivity index (χ4v) is 0.371. The van der Waals surface area contributed by atoms with Crippen LogP contribution in [0, 0.1) is 0 Å². The molecule has 11 heavy (non-hydrogen) atoms. The first-order valence-corrected chi connectivity index (χ1v) is 3.14. The van der Waals surface area contributed by atoms with Crippen LogP contribution < -0.4 is 16.2 Å². The number of carbonyl (C=O) groups is 2. The van der Waals surface area contributed by atoms with Gasteiger partial charge in [0.15, 0.2) is 0 Å². The summed E-state index contributed by atoms with van der Waals surface area (Å²) in [6, 6.07) is -0.505. The maximum atomic E-state index is 10.5. The van der Waals surface area contributed by atoms with Gasteiger partial charge in [0.1, 0.15) is 6.61 Å². The second-order valence-corrected chi connectivity index (χ2v) is 1.69. The van der Waals surface area contributed by atoms with Gasteiger partial charge in [-0.2, -0.15) is 0 Å². The second-order valence-electron chi connectivity index (χ2n) is 1.69. The molecule has 64 valence electrons. The predicted molar refractivity (Wildman–Crippen MR) is 37.4 cm³/mol. The lowest BCUT2D eigenvalue weighted by Crippen LogP contribution is -2.47. The van der Waals surface area contributed by atoms with E-state index in [0.29, 0.717) is 6.54 Å². The summed E-state index contributed by atoms with van der Waals surface area (Å²) in [7, 11) is 0. The zero-order chi connectivity index (χ0) is 8.69. The highest BCUT2D eigenvalue weighted by Gasteiger charge is 1.99. The Hall–Kier alpha value is -1.30. The number of hydrazine groups is 1. The van der Waals surface area contributed by atoms with Crippen LogP contribution in [-0.2, 0) is 4.79 Å². The zero-order valence-electron chi connectivity index (χ0n) is 6.18. The van der Waals surface area contributed by atoms with Crippen molar-refractivity contribution in [2.45, 2.75) is 6.92 Å². The van der Waals surface area contributed by atoms with Crippen LogP contribution in [0.2, 0.25) is 0 Å². The quantitative estimate of drug-likeness (QED) is 0.365. The van der Waals surface area contributed by atoms with Gasteiger partial charge in [-0.25, -0.2) is 10.2 Å². The Morgan fingerprint density at radius 2 is 2.00 bits per heavy atom. The molecular formula is C5H11N3O3. The number of hydrogen-bond donors (Lipinski definition) is 4. The van der Waals surface area contributed by atoms with Crippen LogP contribution in [0.15, 0.2) is 0 Å². The smallest absolute Gasteiger partial charge is 0.333 e. The summed E-state index contributed by atoms with van der Waals surface area (Å²) in [5.74, 6) is -0.656. The number of hydrogen-bond acceptors (Lipinski definition) is 3. The molecule has 0 unspecified atom stereocenters. The molecule has 0 saturated carbocycles. The van der Waals surface area contributed by atoms with Gasteiger partial charge in [-0.05, 0) is 6.92 Å². The molecule has 6 heteroatoms. The predicted octanol–water partition coefficient (Wildman–Crippen LogP) is -1.67. The summed E-state index contributed by atoms with van der Waals surface area (Å²) in [4.78, 5) is 20.9. The fourth-order valence-electron chi connectivity index (χ4n) is 0.371. The van der Waals surface area contributed by atoms with Gasteiger partial charge in [-0.15, -0.1) is 0 Å². The summed E-state index contributed by atoms with van der Waals surface area (Å²) in [6.45, 7) is 1.57. The molecule has 0 fully saturated rings. The van der Waals surface area contributed by atoms with E-state index in [1.165, 1.54) is 0 Å². The largest absolute Gasteiger partial charge is 0.386 e. The van der Waals surface area contributed by atoms with Crippen LogP contribution in [0.25, 0.3) is 0 Å². The summed E-state index contributed by atoms with van der Waals surface area (Å²) in [5.41, 5.74) is 3.99. The number of carbonyl (C=O) groups excluding carboxylic acids is 2. The molecule has 0 aliphatic rings. The van der Waals surface area contributed by atoms with Crippen molar-refractivity contribution in [3.05, 3.63) is 0 Å². The highest BCUT2D eigenvalue weighted by Crippen LogP contribution is 1.61. The Balaban J connectivity index is 3.38. The van der Waals surface area contributed by atoms with Crippen LogP contribution >= 0.6 is 0 Å². The molecule has 0 aromatic rings. The van der Waals surface area contributed by atoms with Gasteiger partial charge in [0.05, 0.1) is 0 Å². The Morgan fingerprint density at radius 1 is 1.36 bits per heavy atom. The topological polar surface area (TPSA) is 90.5 Å². The molecule has 0 spiro atoms.